The third kappa shape index (κ3) is 9.71. The van der Waals surface area contributed by atoms with E-state index in [9.17, 15) is 47.4 Å². The molecule has 0 atom stereocenters. The molecule has 14 aromatic rings. The highest BCUT2D eigenvalue weighted by atomic mass is 15.1. The van der Waals surface area contributed by atoms with Gasteiger partial charge in [0, 0.05) is 38.2 Å². The first kappa shape index (κ1) is 55.3. The van der Waals surface area contributed by atoms with Crippen LogP contribution in [0.5, 0.6) is 0 Å². The van der Waals surface area contributed by atoms with Crippen molar-refractivity contribution in [2.75, 3.05) is 0 Å². The molecule has 0 aliphatic heterocycles. The Hall–Kier alpha value is -14.6. The monoisotopic (exact) mass is 1170 g/mol. The molecule has 0 radical (unpaired) electrons. The molecule has 3 aromatic heterocycles. The summed E-state index contributed by atoms with van der Waals surface area (Å²) in [6, 6.07) is 86.5. The number of fused-ring (bicyclic) bond motifs is 6. The number of rotatable bonds is 9. The zero-order chi connectivity index (χ0) is 63.1. The second-order valence-corrected chi connectivity index (χ2v) is 21.7. The van der Waals surface area contributed by atoms with Crippen LogP contribution in [0.2, 0.25) is 0 Å². The first-order valence-electron chi connectivity index (χ1n) is 28.6. The van der Waals surface area contributed by atoms with Crippen LogP contribution in [0.25, 0.3) is 134 Å². The van der Waals surface area contributed by atoms with E-state index in [0.29, 0.717) is 140 Å². The molecule has 0 saturated carbocycles. The van der Waals surface area contributed by atoms with Crippen molar-refractivity contribution in [2.24, 2.45) is 0 Å². The molecule has 0 spiro atoms. The van der Waals surface area contributed by atoms with E-state index < -0.39 is 0 Å². The Balaban J connectivity index is 1.12. The predicted molar refractivity (Wildman–Crippen MR) is 349 cm³/mol. The van der Waals surface area contributed by atoms with Gasteiger partial charge in [0.1, 0.15) is 11.6 Å². The zero-order valence-electron chi connectivity index (χ0n) is 48.0. The van der Waals surface area contributed by atoms with Gasteiger partial charge in [-0.2, -0.15) is 47.4 Å². The van der Waals surface area contributed by atoms with Crippen molar-refractivity contribution in [1.82, 2.24) is 24.1 Å². The maximum Gasteiger partial charge on any atom is 0.164 e. The number of nitriles is 9. The zero-order valence-corrected chi connectivity index (χ0v) is 48.0. The van der Waals surface area contributed by atoms with Crippen LogP contribution in [0.3, 0.4) is 0 Å². The van der Waals surface area contributed by atoms with Gasteiger partial charge >= 0.3 is 0 Å². The first-order valence-corrected chi connectivity index (χ1v) is 28.6. The van der Waals surface area contributed by atoms with Gasteiger partial charge in [0.15, 0.2) is 17.5 Å². The minimum atomic E-state index is 0.231. The third-order valence-corrected chi connectivity index (χ3v) is 16.3. The lowest BCUT2D eigenvalue weighted by molar-refractivity contribution is 1.06. The highest BCUT2D eigenvalue weighted by molar-refractivity contribution is 6.14. The van der Waals surface area contributed by atoms with E-state index in [2.05, 4.69) is 54.6 Å². The van der Waals surface area contributed by atoms with Crippen LogP contribution in [0.1, 0.15) is 50.1 Å². The van der Waals surface area contributed by atoms with Crippen LogP contribution in [0, 0.1) is 102 Å². The molecule has 14 nitrogen and oxygen atoms in total. The minimum absolute atomic E-state index is 0.231. The fraction of sp³-hybridized carbons (Fsp3) is 0. The molecule has 92 heavy (non-hydrogen) atoms. The fourth-order valence-corrected chi connectivity index (χ4v) is 12.1. The topological polar surface area (TPSA) is 263 Å². The van der Waals surface area contributed by atoms with Crippen LogP contribution in [0.4, 0.5) is 0 Å². The van der Waals surface area contributed by atoms with Gasteiger partial charge in [-0.05, 0) is 178 Å². The van der Waals surface area contributed by atoms with Crippen LogP contribution in [0.15, 0.2) is 218 Å². The standard InChI is InChI=1S/C78H36N14/c79-37-46-19-47(38-80)24-60(23-46)56-11-15-70-65(31-56)66-32-57(61-25-48(39-81)20-49(26-61)40-82)12-16-71(66)91(70)74-35-64(78-89-76(54-7-3-1-4-8-54)88-77(90-78)55-9-5-2-6-10-55)36-75(69(74)45-87)92-72-17-13-58(62-27-50(41-83)21-51(28-62)42-84)33-67(72)68-34-59(14-18-73(68)92)63-29-52(43-85)22-53(30-63)44-86/h1-36H. The molecule has 0 bridgehead atoms. The maximum atomic E-state index is 12.2. The molecule has 11 aromatic carbocycles. The SMILES string of the molecule is N#Cc1cc(C#N)cc(-c2ccc3c(c2)c2cc(-c4cc(C#N)cc(C#N)c4)ccc2n3-c2cc(-c3nc(-c4ccccc4)nc(-c4ccccc4)n3)cc(-n3c4ccc(-c5cc(C#N)cc(C#N)c5)cc4c4cc(-c5cc(C#N)cc(C#N)c5)ccc43)c2C#N)c1. The second kappa shape index (κ2) is 22.7. The number of hydrogen-bond acceptors (Lipinski definition) is 12. The normalized spacial score (nSPS) is 10.7. The molecule has 0 aliphatic rings. The van der Waals surface area contributed by atoms with Crippen LogP contribution in [-0.4, -0.2) is 24.1 Å². The van der Waals surface area contributed by atoms with Crippen molar-refractivity contribution in [3.8, 4) is 145 Å². The van der Waals surface area contributed by atoms with Gasteiger partial charge < -0.3 is 9.13 Å². The average molecular weight is 1170 g/mol. The summed E-state index contributed by atoms with van der Waals surface area (Å²) in [7, 11) is 0. The first-order chi connectivity index (χ1) is 45.1. The fourth-order valence-electron chi connectivity index (χ4n) is 12.1. The van der Waals surface area contributed by atoms with E-state index >= 15 is 0 Å². The predicted octanol–water partition coefficient (Wildman–Crippen LogP) is 16.6. The van der Waals surface area contributed by atoms with E-state index in [1.165, 1.54) is 24.3 Å². The lowest BCUT2D eigenvalue weighted by Gasteiger charge is -2.18. The summed E-state index contributed by atoms with van der Waals surface area (Å²) in [5.74, 6) is 1.08. The van der Waals surface area contributed by atoms with E-state index in [4.69, 9.17) is 15.0 Å². The average Bonchev–Trinajstić information content (AvgIpc) is 1.59. The number of hydrogen-bond donors (Lipinski definition) is 0. The molecule has 3 heterocycles. The summed E-state index contributed by atoms with van der Waals surface area (Å²) >= 11 is 0. The molecular weight excluding hydrogens is 1130 g/mol. The summed E-state index contributed by atoms with van der Waals surface area (Å²) in [4.78, 5) is 15.5. The van der Waals surface area contributed by atoms with Crippen molar-refractivity contribution in [2.45, 2.75) is 0 Å². The third-order valence-electron chi connectivity index (χ3n) is 16.3. The Morgan fingerprint density at radius 1 is 0.217 bits per heavy atom. The summed E-state index contributed by atoms with van der Waals surface area (Å²) < 4.78 is 4.04. The molecule has 0 aliphatic carbocycles. The number of nitrogens with zero attached hydrogens (tertiary/aromatic N) is 14. The highest BCUT2D eigenvalue weighted by Crippen LogP contribution is 2.44. The highest BCUT2D eigenvalue weighted by Gasteiger charge is 2.26. The molecular formula is C78H36N14. The van der Waals surface area contributed by atoms with E-state index in [-0.39, 0.29) is 11.4 Å². The molecule has 14 heteroatoms. The minimum Gasteiger partial charge on any atom is -0.308 e. The van der Waals surface area contributed by atoms with Gasteiger partial charge in [0.25, 0.3) is 0 Å². The molecule has 0 fully saturated rings. The molecule has 14 rings (SSSR count). The molecule has 0 unspecified atom stereocenters. The lowest BCUT2D eigenvalue weighted by Crippen LogP contribution is -2.07. The van der Waals surface area contributed by atoms with Gasteiger partial charge in [-0.3, -0.25) is 0 Å². The molecule has 418 valence electrons. The molecule has 0 saturated heterocycles. The Labute approximate surface area is 525 Å². The summed E-state index contributed by atoms with van der Waals surface area (Å²) in [6.45, 7) is 0. The van der Waals surface area contributed by atoms with E-state index in [1.54, 1.807) is 48.5 Å². The van der Waals surface area contributed by atoms with Gasteiger partial charge in [0.05, 0.1) is 127 Å². The summed E-state index contributed by atoms with van der Waals surface area (Å²) in [5, 5.41) is 95.9. The summed E-state index contributed by atoms with van der Waals surface area (Å²) in [5.41, 5.74) is 13.5. The number of benzene rings is 11. The van der Waals surface area contributed by atoms with Crippen LogP contribution in [-0.2, 0) is 0 Å². The smallest absolute Gasteiger partial charge is 0.164 e. The quantitative estimate of drug-likeness (QED) is 0.131. The Morgan fingerprint density at radius 3 is 0.707 bits per heavy atom. The van der Waals surface area contributed by atoms with Gasteiger partial charge in [-0.1, -0.05) is 84.9 Å². The van der Waals surface area contributed by atoms with Crippen molar-refractivity contribution in [1.29, 1.82) is 47.4 Å². The maximum absolute atomic E-state index is 12.2. The van der Waals surface area contributed by atoms with Crippen molar-refractivity contribution < 1.29 is 0 Å². The summed E-state index contributed by atoms with van der Waals surface area (Å²) in [6.07, 6.45) is 0. The van der Waals surface area contributed by atoms with E-state index in [0.717, 1.165) is 32.7 Å². The molecule has 0 N–H and O–H groups in total. The van der Waals surface area contributed by atoms with Gasteiger partial charge in [0.2, 0.25) is 0 Å². The van der Waals surface area contributed by atoms with Gasteiger partial charge in [-0.15, -0.1) is 0 Å². The van der Waals surface area contributed by atoms with E-state index in [1.807, 2.05) is 155 Å². The Morgan fingerprint density at radius 2 is 0.467 bits per heavy atom. The largest absolute Gasteiger partial charge is 0.308 e. The Bertz CT molecular complexity index is 5200. The van der Waals surface area contributed by atoms with Crippen LogP contribution < -0.4 is 0 Å². The Kier molecular flexibility index (Phi) is 13.6. The second-order valence-electron chi connectivity index (χ2n) is 21.7. The van der Waals surface area contributed by atoms with Crippen molar-refractivity contribution in [3.63, 3.8) is 0 Å². The molecule has 0 amide bonds. The number of aromatic nitrogens is 5. The van der Waals surface area contributed by atoms with Crippen molar-refractivity contribution in [3.05, 3.63) is 268 Å². The van der Waals surface area contributed by atoms with Gasteiger partial charge in [-0.25, -0.2) is 15.0 Å². The lowest BCUT2D eigenvalue weighted by atomic mass is 9.97. The van der Waals surface area contributed by atoms with Crippen molar-refractivity contribution >= 4 is 43.6 Å². The van der Waals surface area contributed by atoms with Crippen LogP contribution >= 0.6 is 0 Å².